The first-order valence-corrected chi connectivity index (χ1v) is 14.1. The van der Waals surface area contributed by atoms with E-state index in [1.54, 1.807) is 0 Å². The van der Waals surface area contributed by atoms with E-state index in [9.17, 15) is 5.11 Å². The lowest BCUT2D eigenvalue weighted by molar-refractivity contribution is 0.0317. The lowest BCUT2D eigenvalue weighted by atomic mass is 9.98. The van der Waals surface area contributed by atoms with Crippen LogP contribution in [0, 0.1) is 0 Å². The monoisotopic (exact) mass is 556 g/mol. The van der Waals surface area contributed by atoms with Crippen molar-refractivity contribution in [1.29, 1.82) is 0 Å². The van der Waals surface area contributed by atoms with Crippen LogP contribution in [0.3, 0.4) is 0 Å². The summed E-state index contributed by atoms with van der Waals surface area (Å²) < 4.78 is 8.10. The molecule has 4 heteroatoms. The Kier molecular flexibility index (Phi) is 12.2. The van der Waals surface area contributed by atoms with Crippen molar-refractivity contribution in [1.82, 2.24) is 0 Å². The Morgan fingerprint density at radius 3 is 1.81 bits per heavy atom. The summed E-state index contributed by atoms with van der Waals surface area (Å²) in [6, 6.07) is 4.11. The number of hydrogen-bond acceptors (Lipinski definition) is 2. The Balaban J connectivity index is 1.73. The fraction of sp³-hybridized carbons (Fsp3) is 0.704. The van der Waals surface area contributed by atoms with Crippen molar-refractivity contribution >= 4 is 42.8 Å². The normalized spacial score (nSPS) is 13.7. The lowest BCUT2D eigenvalue weighted by Gasteiger charge is -2.17. The maximum Gasteiger partial charge on any atom is 0.148 e. The molecule has 0 saturated heterocycles. The van der Waals surface area contributed by atoms with E-state index in [-0.39, 0.29) is 0 Å². The van der Waals surface area contributed by atoms with Crippen LogP contribution < -0.4 is 0 Å². The van der Waals surface area contributed by atoms with Gasteiger partial charge in [-0.3, -0.25) is 0 Å². The molecule has 0 fully saturated rings. The molecular weight excluding hydrogens is 516 g/mol. The van der Waals surface area contributed by atoms with E-state index in [4.69, 9.17) is 4.42 Å². The van der Waals surface area contributed by atoms with Gasteiger partial charge in [-0.05, 0) is 59.8 Å². The molecule has 1 aromatic carbocycles. The van der Waals surface area contributed by atoms with Crippen molar-refractivity contribution in [3.05, 3.63) is 32.4 Å². The van der Waals surface area contributed by atoms with E-state index in [0.29, 0.717) is 12.2 Å². The number of aliphatic hydroxyl groups is 1. The molecule has 1 N–H and O–H groups in total. The van der Waals surface area contributed by atoms with Crippen LogP contribution in [0.25, 0.3) is 11.0 Å². The van der Waals surface area contributed by atoms with Gasteiger partial charge in [0.2, 0.25) is 0 Å². The van der Waals surface area contributed by atoms with Crippen LogP contribution in [-0.2, 0) is 12.0 Å². The zero-order valence-electron chi connectivity index (χ0n) is 19.9. The molecule has 0 amide bonds. The van der Waals surface area contributed by atoms with Gasteiger partial charge < -0.3 is 9.52 Å². The maximum absolute atomic E-state index is 10.6. The molecular formula is C27H42Br2O2. The fourth-order valence-electron chi connectivity index (χ4n) is 4.20. The highest BCUT2D eigenvalue weighted by molar-refractivity contribution is 9.11. The van der Waals surface area contributed by atoms with E-state index in [1.165, 1.54) is 89.0 Å². The summed E-state index contributed by atoms with van der Waals surface area (Å²) >= 11 is 7.37. The highest BCUT2D eigenvalue weighted by atomic mass is 79.9. The largest absolute Gasteiger partial charge is 0.457 e. The van der Waals surface area contributed by atoms with E-state index in [2.05, 4.69) is 44.8 Å². The van der Waals surface area contributed by atoms with Crippen LogP contribution in [0.5, 0.6) is 0 Å². The van der Waals surface area contributed by atoms with Gasteiger partial charge >= 0.3 is 0 Å². The number of unbranched alkanes of at least 4 members (excludes halogenated alkanes) is 12. The van der Waals surface area contributed by atoms with Gasteiger partial charge in [-0.1, -0.05) is 107 Å². The second-order valence-electron chi connectivity index (χ2n) is 9.29. The molecule has 1 unspecified atom stereocenters. The van der Waals surface area contributed by atoms with Crippen molar-refractivity contribution in [3.63, 3.8) is 0 Å². The van der Waals surface area contributed by atoms with Crippen molar-refractivity contribution in [3.8, 4) is 0 Å². The number of rotatable bonds is 16. The van der Waals surface area contributed by atoms with Gasteiger partial charge in [-0.2, -0.15) is 0 Å². The number of halogens is 2. The van der Waals surface area contributed by atoms with Crippen molar-refractivity contribution in [2.75, 3.05) is 0 Å². The van der Waals surface area contributed by atoms with E-state index in [0.717, 1.165) is 26.3 Å². The van der Waals surface area contributed by atoms with E-state index >= 15 is 0 Å². The second kappa shape index (κ2) is 14.1. The SMILES string of the molecule is CCCCCCCCCCCCCCCc1c(Br)cc(Br)c2oc(C(C)(O)CC)cc12. The quantitative estimate of drug-likeness (QED) is 0.208. The number of fused-ring (bicyclic) bond motifs is 1. The molecule has 176 valence electrons. The minimum absolute atomic E-state index is 0.625. The summed E-state index contributed by atoms with van der Waals surface area (Å²) in [5.74, 6) is 0.649. The minimum Gasteiger partial charge on any atom is -0.457 e. The smallest absolute Gasteiger partial charge is 0.148 e. The van der Waals surface area contributed by atoms with Crippen LogP contribution in [-0.4, -0.2) is 5.11 Å². The summed E-state index contributed by atoms with van der Waals surface area (Å²) in [7, 11) is 0. The van der Waals surface area contributed by atoms with Gasteiger partial charge in [0.05, 0.1) is 4.47 Å². The molecule has 2 rings (SSSR count). The topological polar surface area (TPSA) is 33.4 Å². The minimum atomic E-state index is -0.933. The van der Waals surface area contributed by atoms with Crippen LogP contribution in [0.2, 0.25) is 0 Å². The van der Waals surface area contributed by atoms with Crippen molar-refractivity contribution in [2.45, 2.75) is 123 Å². The standard InChI is InChI=1S/C27H42Br2O2/c1-4-6-7-8-9-10-11-12-13-14-15-16-17-18-21-22-19-25(27(3,30)5-2)31-26(22)24(29)20-23(21)28/h19-20,30H,4-18H2,1-3H3. The van der Waals surface area contributed by atoms with Crippen LogP contribution >= 0.6 is 31.9 Å². The summed E-state index contributed by atoms with van der Waals surface area (Å²) in [6.45, 7) is 6.08. The van der Waals surface area contributed by atoms with Crippen molar-refractivity contribution in [2.24, 2.45) is 0 Å². The van der Waals surface area contributed by atoms with E-state index in [1.807, 2.05) is 19.9 Å². The Bertz CT molecular complexity index is 779. The third kappa shape index (κ3) is 8.51. The molecule has 2 aromatic rings. The Labute approximate surface area is 206 Å². The molecule has 0 aliphatic heterocycles. The molecule has 0 aliphatic rings. The molecule has 1 heterocycles. The summed E-state index contributed by atoms with van der Waals surface area (Å²) in [5.41, 5.74) is 1.21. The van der Waals surface area contributed by atoms with E-state index < -0.39 is 5.60 Å². The van der Waals surface area contributed by atoms with Gasteiger partial charge in [0.15, 0.2) is 0 Å². The molecule has 0 aliphatic carbocycles. The van der Waals surface area contributed by atoms with Gasteiger partial charge in [0.1, 0.15) is 16.9 Å². The molecule has 0 saturated carbocycles. The number of furan rings is 1. The first-order valence-electron chi connectivity index (χ1n) is 12.5. The predicted octanol–water partition coefficient (Wildman–Crippen LogP) is 10.2. The lowest BCUT2D eigenvalue weighted by Crippen LogP contribution is -2.18. The summed E-state index contributed by atoms with van der Waals surface area (Å²) in [4.78, 5) is 0. The predicted molar refractivity (Wildman–Crippen MR) is 141 cm³/mol. The first kappa shape index (κ1) is 26.9. The molecule has 0 bridgehead atoms. The van der Waals surface area contributed by atoms with Gasteiger partial charge in [0, 0.05) is 9.86 Å². The molecule has 31 heavy (non-hydrogen) atoms. The fourth-order valence-corrected chi connectivity index (χ4v) is 5.67. The van der Waals surface area contributed by atoms with Gasteiger partial charge in [-0.15, -0.1) is 0 Å². The highest BCUT2D eigenvalue weighted by Crippen LogP contribution is 2.39. The van der Waals surface area contributed by atoms with Gasteiger partial charge in [0.25, 0.3) is 0 Å². The average molecular weight is 558 g/mol. The molecule has 0 spiro atoms. The van der Waals surface area contributed by atoms with Gasteiger partial charge in [-0.25, -0.2) is 0 Å². The Morgan fingerprint density at radius 1 is 0.774 bits per heavy atom. The maximum atomic E-state index is 10.6. The zero-order valence-corrected chi connectivity index (χ0v) is 23.0. The number of benzene rings is 1. The molecule has 0 radical (unpaired) electrons. The van der Waals surface area contributed by atoms with Crippen LogP contribution in [0.1, 0.15) is 122 Å². The highest BCUT2D eigenvalue weighted by Gasteiger charge is 2.26. The molecule has 1 atom stereocenters. The molecule has 1 aromatic heterocycles. The zero-order chi connectivity index (χ0) is 22.7. The van der Waals surface area contributed by atoms with Crippen molar-refractivity contribution < 1.29 is 9.52 Å². The molecule has 2 nitrogen and oxygen atoms in total. The number of hydrogen-bond donors (Lipinski definition) is 1. The Morgan fingerprint density at radius 2 is 1.29 bits per heavy atom. The third-order valence-electron chi connectivity index (χ3n) is 6.57. The number of aryl methyl sites for hydroxylation is 1. The van der Waals surface area contributed by atoms with Crippen LogP contribution in [0.15, 0.2) is 25.5 Å². The third-order valence-corrected chi connectivity index (χ3v) is 7.86. The average Bonchev–Trinajstić information content (AvgIpc) is 3.20. The summed E-state index contributed by atoms with van der Waals surface area (Å²) in [6.07, 6.45) is 19.5. The first-order chi connectivity index (χ1) is 14.9. The summed E-state index contributed by atoms with van der Waals surface area (Å²) in [5, 5.41) is 11.7. The van der Waals surface area contributed by atoms with Crippen LogP contribution in [0.4, 0.5) is 0 Å². The second-order valence-corrected chi connectivity index (χ2v) is 11.0. The Hall–Kier alpha value is -0.320.